The maximum Gasteiger partial charge on any atom is 0.280 e. The molecule has 2 aromatic rings. The lowest BCUT2D eigenvalue weighted by Gasteiger charge is -2.36. The Morgan fingerprint density at radius 2 is 1.96 bits per heavy atom. The normalized spacial score (nSPS) is 22.9. The fraction of sp³-hybridized carbons (Fsp3) is 0.375. The number of hydrogen-bond acceptors (Lipinski definition) is 4. The van der Waals surface area contributed by atoms with Crippen LogP contribution in [0, 0.1) is 6.92 Å². The van der Waals surface area contributed by atoms with Crippen molar-refractivity contribution in [3.05, 3.63) is 46.7 Å². The Morgan fingerprint density at radius 3 is 2.54 bits per heavy atom. The lowest BCUT2D eigenvalue weighted by atomic mass is 10.00. The van der Waals surface area contributed by atoms with Gasteiger partial charge in [0, 0.05) is 36.6 Å². The molecule has 3 rings (SSSR count). The van der Waals surface area contributed by atoms with Crippen LogP contribution in [-0.2, 0) is 22.1 Å². The van der Waals surface area contributed by atoms with E-state index in [0.717, 1.165) is 15.6 Å². The van der Waals surface area contributed by atoms with Gasteiger partial charge in [0.25, 0.3) is 10.2 Å². The molecule has 2 N–H and O–H groups in total. The number of hydrogen-bond donors (Lipinski definition) is 2. The Kier molecular flexibility index (Phi) is 5.07. The lowest BCUT2D eigenvalue weighted by Crippen LogP contribution is -2.56. The number of nitrogens with zero attached hydrogens (tertiary/aromatic N) is 3. The lowest BCUT2D eigenvalue weighted by molar-refractivity contribution is -0.120. The highest BCUT2D eigenvalue weighted by Gasteiger charge is 2.41. The first kappa shape index (κ1) is 18.8. The number of aromatic nitrogens is 2. The molecule has 10 heteroatoms. The van der Waals surface area contributed by atoms with Crippen molar-refractivity contribution in [1.29, 1.82) is 0 Å². The fourth-order valence-corrected chi connectivity index (χ4v) is 4.42. The summed E-state index contributed by atoms with van der Waals surface area (Å²) in [6.45, 7) is 1.81. The van der Waals surface area contributed by atoms with Gasteiger partial charge < -0.3 is 5.32 Å². The molecule has 2 heterocycles. The summed E-state index contributed by atoms with van der Waals surface area (Å²) in [4.78, 5) is 12.7. The van der Waals surface area contributed by atoms with Gasteiger partial charge in [-0.3, -0.25) is 9.48 Å². The van der Waals surface area contributed by atoms with Crippen LogP contribution in [0.2, 0.25) is 5.02 Å². The van der Waals surface area contributed by atoms with E-state index in [1.807, 2.05) is 6.92 Å². The summed E-state index contributed by atoms with van der Waals surface area (Å²) < 4.78 is 30.3. The van der Waals surface area contributed by atoms with Crippen molar-refractivity contribution in [3.63, 3.8) is 0 Å². The maximum absolute atomic E-state index is 12.7. The highest BCUT2D eigenvalue weighted by atomic mass is 35.5. The average molecular weight is 398 g/mol. The summed E-state index contributed by atoms with van der Waals surface area (Å²) in [5.41, 5.74) is 2.04. The van der Waals surface area contributed by atoms with E-state index in [2.05, 4.69) is 15.1 Å². The van der Waals surface area contributed by atoms with Gasteiger partial charge in [-0.1, -0.05) is 11.6 Å². The number of carbonyl (C=O) groups is 1. The minimum atomic E-state index is -3.80. The van der Waals surface area contributed by atoms with E-state index in [0.29, 0.717) is 17.1 Å². The number of nitrogens with one attached hydrogen (secondary N) is 2. The first-order valence-corrected chi connectivity index (χ1v) is 9.81. The smallest absolute Gasteiger partial charge is 0.280 e. The third kappa shape index (κ3) is 3.75. The van der Waals surface area contributed by atoms with Crippen LogP contribution in [0.25, 0.3) is 0 Å². The predicted molar refractivity (Wildman–Crippen MR) is 99.0 cm³/mol. The average Bonchev–Trinajstić information content (AvgIpc) is 2.90. The number of benzene rings is 1. The van der Waals surface area contributed by atoms with Crippen LogP contribution in [-0.4, -0.2) is 41.5 Å². The SMILES string of the molecule is Cc1nn(C)cc1[C@@H]1C[C@H](C(=O)Nc2ccc(Cl)cc2)N(C)S(=O)(=O)N1. The number of amides is 1. The molecule has 1 aliphatic rings. The van der Waals surface area contributed by atoms with E-state index >= 15 is 0 Å². The van der Waals surface area contributed by atoms with Gasteiger partial charge in [-0.25, -0.2) is 0 Å². The molecule has 1 aromatic heterocycles. The van der Waals surface area contributed by atoms with Crippen molar-refractivity contribution in [2.45, 2.75) is 25.4 Å². The second kappa shape index (κ2) is 6.99. The van der Waals surface area contributed by atoms with Crippen LogP contribution in [0.1, 0.15) is 23.7 Å². The van der Waals surface area contributed by atoms with Crippen molar-refractivity contribution >= 4 is 33.4 Å². The summed E-state index contributed by atoms with van der Waals surface area (Å²) in [6, 6.07) is 5.27. The Balaban J connectivity index is 1.85. The van der Waals surface area contributed by atoms with Crippen molar-refractivity contribution in [1.82, 2.24) is 18.8 Å². The Bertz CT molecular complexity index is 926. The molecule has 0 saturated carbocycles. The Labute approximate surface area is 157 Å². The first-order valence-electron chi connectivity index (χ1n) is 7.99. The third-order valence-electron chi connectivity index (χ3n) is 4.41. The first-order chi connectivity index (χ1) is 12.2. The number of halogens is 1. The molecule has 1 aliphatic heterocycles. The molecule has 1 amide bonds. The van der Waals surface area contributed by atoms with Crippen LogP contribution in [0.3, 0.4) is 0 Å². The topological polar surface area (TPSA) is 96.3 Å². The number of aryl methyl sites for hydroxylation is 2. The van der Waals surface area contributed by atoms with E-state index < -0.39 is 28.2 Å². The van der Waals surface area contributed by atoms with E-state index in [-0.39, 0.29) is 0 Å². The molecule has 0 bridgehead atoms. The minimum absolute atomic E-state index is 0.293. The van der Waals surface area contributed by atoms with Gasteiger partial charge >= 0.3 is 0 Å². The zero-order valence-corrected chi connectivity index (χ0v) is 16.2. The van der Waals surface area contributed by atoms with Gasteiger partial charge in [0.2, 0.25) is 5.91 Å². The van der Waals surface area contributed by atoms with Crippen molar-refractivity contribution in [3.8, 4) is 0 Å². The number of anilines is 1. The summed E-state index contributed by atoms with van der Waals surface area (Å²) in [5, 5.41) is 7.55. The van der Waals surface area contributed by atoms with E-state index in [4.69, 9.17) is 11.6 Å². The summed E-state index contributed by atoms with van der Waals surface area (Å²) in [5.74, 6) is -0.397. The largest absolute Gasteiger partial charge is 0.325 e. The molecule has 140 valence electrons. The van der Waals surface area contributed by atoms with Crippen LogP contribution >= 0.6 is 11.6 Å². The molecule has 2 atom stereocenters. The zero-order valence-electron chi connectivity index (χ0n) is 14.6. The van der Waals surface area contributed by atoms with Gasteiger partial charge in [-0.15, -0.1) is 0 Å². The van der Waals surface area contributed by atoms with Gasteiger partial charge in [-0.05, 0) is 37.6 Å². The van der Waals surface area contributed by atoms with Gasteiger partial charge in [0.1, 0.15) is 6.04 Å². The monoisotopic (exact) mass is 397 g/mol. The van der Waals surface area contributed by atoms with E-state index in [1.165, 1.54) is 7.05 Å². The van der Waals surface area contributed by atoms with Gasteiger partial charge in [-0.2, -0.15) is 22.5 Å². The molecule has 0 unspecified atom stereocenters. The standard InChI is InChI=1S/C16H20ClN5O3S/c1-10-13(9-21(2)19-10)14-8-15(22(3)26(24,25)20-14)16(23)18-12-6-4-11(17)5-7-12/h4-7,9,14-15,20H,8H2,1-3H3,(H,18,23)/t14-,15+/m0/s1. The summed E-state index contributed by atoms with van der Waals surface area (Å²) in [6.07, 6.45) is 2.06. The Hall–Kier alpha value is -1.94. The molecule has 0 spiro atoms. The quantitative estimate of drug-likeness (QED) is 0.822. The molecule has 1 fully saturated rings. The van der Waals surface area contributed by atoms with E-state index in [1.54, 1.807) is 42.2 Å². The molecule has 26 heavy (non-hydrogen) atoms. The van der Waals surface area contributed by atoms with Crippen molar-refractivity contribution < 1.29 is 13.2 Å². The highest BCUT2D eigenvalue weighted by Crippen LogP contribution is 2.29. The van der Waals surface area contributed by atoms with Crippen LogP contribution < -0.4 is 10.0 Å². The van der Waals surface area contributed by atoms with Gasteiger partial charge in [0.05, 0.1) is 11.7 Å². The second-order valence-corrected chi connectivity index (χ2v) is 8.48. The van der Waals surface area contributed by atoms with Crippen LogP contribution in [0.4, 0.5) is 5.69 Å². The van der Waals surface area contributed by atoms with Crippen molar-refractivity contribution in [2.75, 3.05) is 12.4 Å². The van der Waals surface area contributed by atoms with Crippen LogP contribution in [0.5, 0.6) is 0 Å². The Morgan fingerprint density at radius 1 is 1.31 bits per heavy atom. The number of carbonyl (C=O) groups excluding carboxylic acids is 1. The predicted octanol–water partition coefficient (Wildman–Crippen LogP) is 1.60. The number of likely N-dealkylation sites (N-methyl/N-ethyl adjacent to an activating group) is 1. The fourth-order valence-electron chi connectivity index (χ4n) is 3.03. The zero-order chi connectivity index (χ0) is 19.1. The molecular formula is C16H20ClN5O3S. The molecule has 8 nitrogen and oxygen atoms in total. The molecule has 0 aliphatic carbocycles. The molecular weight excluding hydrogens is 378 g/mol. The summed E-state index contributed by atoms with van der Waals surface area (Å²) in [7, 11) is -0.637. The second-order valence-electron chi connectivity index (χ2n) is 6.28. The number of rotatable bonds is 3. The third-order valence-corrected chi connectivity index (χ3v) is 6.26. The van der Waals surface area contributed by atoms with E-state index in [9.17, 15) is 13.2 Å². The maximum atomic E-state index is 12.7. The highest BCUT2D eigenvalue weighted by molar-refractivity contribution is 7.87. The minimum Gasteiger partial charge on any atom is -0.325 e. The van der Waals surface area contributed by atoms with Crippen molar-refractivity contribution in [2.24, 2.45) is 7.05 Å². The molecule has 1 saturated heterocycles. The van der Waals surface area contributed by atoms with Gasteiger partial charge in [0.15, 0.2) is 0 Å². The molecule has 0 radical (unpaired) electrons. The van der Waals surface area contributed by atoms with Crippen LogP contribution in [0.15, 0.2) is 30.5 Å². The summed E-state index contributed by atoms with van der Waals surface area (Å²) >= 11 is 5.84. The molecule has 1 aromatic carbocycles.